The van der Waals surface area contributed by atoms with Gasteiger partial charge in [0.05, 0.1) is 11.0 Å². The second kappa shape index (κ2) is 4.94. The first kappa shape index (κ1) is 12.6. The van der Waals surface area contributed by atoms with E-state index in [1.807, 2.05) is 36.4 Å². The summed E-state index contributed by atoms with van der Waals surface area (Å²) < 4.78 is 2.16. The third-order valence-electron chi connectivity index (χ3n) is 3.32. The number of nitrogens with zero attached hydrogens (tertiary/aromatic N) is 2. The van der Waals surface area contributed by atoms with Gasteiger partial charge in [0.25, 0.3) is 0 Å². The molecule has 3 aromatic rings. The molecule has 0 bridgehead atoms. The SMILES string of the molecule is Cn1c2ccccc2c(=NNC(N)=S)c2ccccc21. The van der Waals surface area contributed by atoms with Crippen molar-refractivity contribution >= 4 is 39.1 Å². The Balaban J connectivity index is 2.53. The summed E-state index contributed by atoms with van der Waals surface area (Å²) in [5.41, 5.74) is 10.4. The summed E-state index contributed by atoms with van der Waals surface area (Å²) in [6.45, 7) is 0. The number of aryl methyl sites for hydroxylation is 1. The normalized spacial score (nSPS) is 10.7. The number of pyridine rings is 1. The molecule has 1 heterocycles. The molecule has 4 nitrogen and oxygen atoms in total. The molecule has 2 aromatic carbocycles. The first-order chi connectivity index (χ1) is 9.68. The van der Waals surface area contributed by atoms with Crippen LogP contribution in [0.15, 0.2) is 53.6 Å². The summed E-state index contributed by atoms with van der Waals surface area (Å²) in [5, 5.41) is 7.49. The van der Waals surface area contributed by atoms with Gasteiger partial charge in [-0.2, -0.15) is 5.10 Å². The van der Waals surface area contributed by atoms with Gasteiger partial charge in [0, 0.05) is 17.8 Å². The van der Waals surface area contributed by atoms with E-state index in [2.05, 4.69) is 34.3 Å². The van der Waals surface area contributed by atoms with Gasteiger partial charge in [-0.25, -0.2) is 0 Å². The lowest BCUT2D eigenvalue weighted by molar-refractivity contribution is 0.968. The standard InChI is InChI=1S/C15H14N4S/c1-19-12-8-4-2-6-10(12)14(17-18-15(16)20)11-7-3-5-9-13(11)19/h2-9H,1H3,(H3,16,18,20). The van der Waals surface area contributed by atoms with Crippen molar-refractivity contribution in [3.8, 4) is 0 Å². The van der Waals surface area contributed by atoms with Crippen LogP contribution in [0.4, 0.5) is 0 Å². The minimum Gasteiger partial charge on any atom is -0.375 e. The quantitative estimate of drug-likeness (QED) is 0.408. The predicted molar refractivity (Wildman–Crippen MR) is 85.9 cm³/mol. The van der Waals surface area contributed by atoms with E-state index in [4.69, 9.17) is 18.0 Å². The maximum atomic E-state index is 5.48. The van der Waals surface area contributed by atoms with E-state index in [0.717, 1.165) is 27.2 Å². The van der Waals surface area contributed by atoms with E-state index in [9.17, 15) is 0 Å². The summed E-state index contributed by atoms with van der Waals surface area (Å²) in [6, 6.07) is 16.3. The number of thiocarbonyl (C=S) groups is 1. The fourth-order valence-electron chi connectivity index (χ4n) is 2.44. The van der Waals surface area contributed by atoms with Crippen LogP contribution in [0.25, 0.3) is 21.8 Å². The molecule has 0 saturated heterocycles. The average Bonchev–Trinajstić information content (AvgIpc) is 2.47. The Labute approximate surface area is 121 Å². The van der Waals surface area contributed by atoms with Crippen molar-refractivity contribution in [2.75, 3.05) is 0 Å². The van der Waals surface area contributed by atoms with Gasteiger partial charge in [-0.3, -0.25) is 5.43 Å². The molecule has 100 valence electrons. The maximum Gasteiger partial charge on any atom is 0.184 e. The molecule has 3 rings (SSSR count). The van der Waals surface area contributed by atoms with E-state index in [1.165, 1.54) is 0 Å². The first-order valence-electron chi connectivity index (χ1n) is 6.24. The largest absolute Gasteiger partial charge is 0.375 e. The van der Waals surface area contributed by atoms with Crippen molar-refractivity contribution < 1.29 is 0 Å². The number of nitrogens with one attached hydrogen (secondary N) is 1. The molecule has 0 aliphatic rings. The Morgan fingerprint density at radius 1 is 1.05 bits per heavy atom. The highest BCUT2D eigenvalue weighted by Crippen LogP contribution is 2.17. The van der Waals surface area contributed by atoms with Gasteiger partial charge in [0.1, 0.15) is 5.36 Å². The van der Waals surface area contributed by atoms with E-state index < -0.39 is 0 Å². The van der Waals surface area contributed by atoms with Crippen molar-refractivity contribution in [1.82, 2.24) is 9.99 Å². The van der Waals surface area contributed by atoms with Crippen LogP contribution in [0.1, 0.15) is 0 Å². The summed E-state index contributed by atoms with van der Waals surface area (Å²) in [4.78, 5) is 0. The molecule has 0 radical (unpaired) electrons. The number of benzene rings is 2. The number of fused-ring (bicyclic) bond motifs is 2. The van der Waals surface area contributed by atoms with E-state index in [1.54, 1.807) is 0 Å². The summed E-state index contributed by atoms with van der Waals surface area (Å²) >= 11 is 4.83. The number of para-hydroxylation sites is 2. The minimum atomic E-state index is 0.159. The minimum absolute atomic E-state index is 0.159. The van der Waals surface area contributed by atoms with Gasteiger partial charge in [-0.1, -0.05) is 36.4 Å². The predicted octanol–water partition coefficient (Wildman–Crippen LogP) is 1.98. The van der Waals surface area contributed by atoms with Gasteiger partial charge >= 0.3 is 0 Å². The molecule has 0 amide bonds. The van der Waals surface area contributed by atoms with Crippen LogP contribution in [0.3, 0.4) is 0 Å². The van der Waals surface area contributed by atoms with Crippen molar-refractivity contribution in [2.24, 2.45) is 17.9 Å². The number of nitrogens with two attached hydrogens (primary N) is 1. The second-order valence-corrected chi connectivity index (χ2v) is 4.97. The maximum absolute atomic E-state index is 5.48. The van der Waals surface area contributed by atoms with Crippen molar-refractivity contribution in [2.45, 2.75) is 0 Å². The summed E-state index contributed by atoms with van der Waals surface area (Å²) in [7, 11) is 2.05. The Kier molecular flexibility index (Phi) is 3.12. The number of aromatic nitrogens is 1. The van der Waals surface area contributed by atoms with E-state index >= 15 is 0 Å². The van der Waals surface area contributed by atoms with Crippen molar-refractivity contribution in [3.05, 3.63) is 53.9 Å². The summed E-state index contributed by atoms with van der Waals surface area (Å²) in [5.74, 6) is 0. The molecule has 1 aromatic heterocycles. The van der Waals surface area contributed by atoms with Gasteiger partial charge < -0.3 is 10.3 Å². The zero-order chi connectivity index (χ0) is 14.1. The molecule has 0 spiro atoms. The fraction of sp³-hybridized carbons (Fsp3) is 0.0667. The highest BCUT2D eigenvalue weighted by Gasteiger charge is 2.06. The fourth-order valence-corrected chi connectivity index (χ4v) is 2.48. The Bertz CT molecular complexity index is 820. The average molecular weight is 282 g/mol. The molecule has 5 heteroatoms. The van der Waals surface area contributed by atoms with Gasteiger partial charge in [0.15, 0.2) is 5.11 Å². The van der Waals surface area contributed by atoms with Crippen LogP contribution < -0.4 is 16.5 Å². The van der Waals surface area contributed by atoms with E-state index in [0.29, 0.717) is 0 Å². The third-order valence-corrected chi connectivity index (χ3v) is 3.41. The highest BCUT2D eigenvalue weighted by molar-refractivity contribution is 7.80. The molecule has 0 aliphatic carbocycles. The second-order valence-electron chi connectivity index (χ2n) is 4.53. The Morgan fingerprint density at radius 2 is 1.55 bits per heavy atom. The van der Waals surface area contributed by atoms with E-state index in [-0.39, 0.29) is 5.11 Å². The molecule has 0 aliphatic heterocycles. The van der Waals surface area contributed by atoms with Crippen molar-refractivity contribution in [3.63, 3.8) is 0 Å². The molecule has 20 heavy (non-hydrogen) atoms. The van der Waals surface area contributed by atoms with Crippen LogP contribution in [0, 0.1) is 0 Å². The smallest absolute Gasteiger partial charge is 0.184 e. The lowest BCUT2D eigenvalue weighted by Crippen LogP contribution is -2.27. The molecule has 0 unspecified atom stereocenters. The monoisotopic (exact) mass is 282 g/mol. The van der Waals surface area contributed by atoms with Crippen LogP contribution in [-0.2, 0) is 7.05 Å². The van der Waals surface area contributed by atoms with Crippen LogP contribution in [0.2, 0.25) is 0 Å². The molecule has 0 atom stereocenters. The van der Waals surface area contributed by atoms with Crippen LogP contribution >= 0.6 is 12.2 Å². The number of rotatable bonds is 1. The van der Waals surface area contributed by atoms with Gasteiger partial charge in [-0.05, 0) is 24.4 Å². The third kappa shape index (κ3) is 2.02. The molecule has 0 saturated carbocycles. The molecular formula is C15H14N4S. The van der Waals surface area contributed by atoms with Gasteiger partial charge in [0.2, 0.25) is 0 Å². The molecular weight excluding hydrogens is 268 g/mol. The first-order valence-corrected chi connectivity index (χ1v) is 6.65. The van der Waals surface area contributed by atoms with Crippen LogP contribution in [0.5, 0.6) is 0 Å². The van der Waals surface area contributed by atoms with Crippen molar-refractivity contribution in [1.29, 1.82) is 0 Å². The summed E-state index contributed by atoms with van der Waals surface area (Å²) in [6.07, 6.45) is 0. The topological polar surface area (TPSA) is 55.3 Å². The molecule has 0 fully saturated rings. The Morgan fingerprint density at radius 3 is 2.05 bits per heavy atom. The zero-order valence-corrected chi connectivity index (χ0v) is 11.8. The van der Waals surface area contributed by atoms with Crippen LogP contribution in [-0.4, -0.2) is 9.68 Å². The number of hydrogen-bond acceptors (Lipinski definition) is 2. The number of hydrogen-bond donors (Lipinski definition) is 2. The lowest BCUT2D eigenvalue weighted by Gasteiger charge is -2.11. The van der Waals surface area contributed by atoms with Gasteiger partial charge in [-0.15, -0.1) is 0 Å². The molecule has 3 N–H and O–H groups in total. The highest BCUT2D eigenvalue weighted by atomic mass is 32.1. The zero-order valence-electron chi connectivity index (χ0n) is 11.0. The lowest BCUT2D eigenvalue weighted by atomic mass is 10.1. The Hall–Kier alpha value is -2.40.